The second-order valence-electron chi connectivity index (χ2n) is 4.50. The van der Waals surface area contributed by atoms with Gasteiger partial charge in [0.05, 0.1) is 17.7 Å². The minimum atomic E-state index is -0.302. The van der Waals surface area contributed by atoms with Crippen molar-refractivity contribution in [3.8, 4) is 0 Å². The molecule has 0 aliphatic carbocycles. The van der Waals surface area contributed by atoms with E-state index in [2.05, 4.69) is 20.4 Å². The number of carbonyl (C=O) groups is 1. The van der Waals surface area contributed by atoms with E-state index in [1.807, 2.05) is 19.1 Å². The summed E-state index contributed by atoms with van der Waals surface area (Å²) in [6.07, 6.45) is 0.943. The van der Waals surface area contributed by atoms with Gasteiger partial charge < -0.3 is 10.1 Å². The Bertz CT molecular complexity index is 564. The first-order valence-electron chi connectivity index (χ1n) is 6.48. The topological polar surface area (TPSA) is 51.2 Å². The fourth-order valence-electron chi connectivity index (χ4n) is 1.82. The van der Waals surface area contributed by atoms with E-state index in [9.17, 15) is 4.79 Å². The maximum atomic E-state index is 11.3. The van der Waals surface area contributed by atoms with Gasteiger partial charge in [-0.1, -0.05) is 12.1 Å². The highest BCUT2D eigenvalue weighted by molar-refractivity contribution is 7.09. The standard InChI is InChI=1S/C15H18N2O2S/c1-11-10-20-14(17-11)7-8-16-9-12-3-5-13(6-4-12)15(18)19-2/h3-6,10,16H,7-9H2,1-2H3. The van der Waals surface area contributed by atoms with Crippen LogP contribution in [0.3, 0.4) is 0 Å². The molecule has 0 fully saturated rings. The van der Waals surface area contributed by atoms with Crippen LogP contribution >= 0.6 is 11.3 Å². The molecule has 0 amide bonds. The van der Waals surface area contributed by atoms with Crippen LogP contribution in [0.5, 0.6) is 0 Å². The van der Waals surface area contributed by atoms with E-state index >= 15 is 0 Å². The van der Waals surface area contributed by atoms with Gasteiger partial charge in [-0.25, -0.2) is 9.78 Å². The van der Waals surface area contributed by atoms with Crippen molar-refractivity contribution in [2.45, 2.75) is 19.9 Å². The van der Waals surface area contributed by atoms with Crippen LogP contribution < -0.4 is 5.32 Å². The molecule has 4 nitrogen and oxygen atoms in total. The highest BCUT2D eigenvalue weighted by atomic mass is 32.1. The number of nitrogens with one attached hydrogen (secondary N) is 1. The predicted molar refractivity (Wildman–Crippen MR) is 80.0 cm³/mol. The van der Waals surface area contributed by atoms with Crippen molar-refractivity contribution in [1.29, 1.82) is 0 Å². The summed E-state index contributed by atoms with van der Waals surface area (Å²) in [5.41, 5.74) is 2.81. The SMILES string of the molecule is COC(=O)c1ccc(CNCCc2nc(C)cs2)cc1. The summed E-state index contributed by atoms with van der Waals surface area (Å²) in [6.45, 7) is 3.69. The highest BCUT2D eigenvalue weighted by Gasteiger charge is 2.04. The molecule has 0 unspecified atom stereocenters. The molecule has 1 aromatic carbocycles. The molecule has 5 heteroatoms. The Morgan fingerprint density at radius 2 is 2.10 bits per heavy atom. The highest BCUT2D eigenvalue weighted by Crippen LogP contribution is 2.09. The van der Waals surface area contributed by atoms with Gasteiger partial charge in [-0.2, -0.15) is 0 Å². The van der Waals surface area contributed by atoms with E-state index in [4.69, 9.17) is 0 Å². The van der Waals surface area contributed by atoms with Crippen molar-refractivity contribution < 1.29 is 9.53 Å². The predicted octanol–water partition coefficient (Wildman–Crippen LogP) is 2.57. The average Bonchev–Trinajstić information content (AvgIpc) is 2.89. The Labute approximate surface area is 122 Å². The smallest absolute Gasteiger partial charge is 0.337 e. The maximum Gasteiger partial charge on any atom is 0.337 e. The monoisotopic (exact) mass is 290 g/mol. The van der Waals surface area contributed by atoms with Crippen LogP contribution in [0.1, 0.15) is 26.6 Å². The van der Waals surface area contributed by atoms with E-state index < -0.39 is 0 Å². The summed E-state index contributed by atoms with van der Waals surface area (Å²) in [5.74, 6) is -0.302. The van der Waals surface area contributed by atoms with Crippen LogP contribution in [-0.4, -0.2) is 24.6 Å². The molecule has 2 rings (SSSR count). The number of ether oxygens (including phenoxy) is 1. The Hall–Kier alpha value is -1.72. The molecular formula is C15H18N2O2S. The van der Waals surface area contributed by atoms with Crippen LogP contribution in [0.15, 0.2) is 29.6 Å². The molecule has 0 spiro atoms. The molecule has 0 saturated heterocycles. The fraction of sp³-hybridized carbons (Fsp3) is 0.333. The lowest BCUT2D eigenvalue weighted by Crippen LogP contribution is -2.16. The number of nitrogens with zero attached hydrogens (tertiary/aromatic N) is 1. The molecule has 0 saturated carbocycles. The van der Waals surface area contributed by atoms with Gasteiger partial charge in [0.1, 0.15) is 0 Å². The molecule has 106 valence electrons. The summed E-state index contributed by atoms with van der Waals surface area (Å²) >= 11 is 1.70. The van der Waals surface area contributed by atoms with Crippen LogP contribution in [0, 0.1) is 6.92 Å². The Morgan fingerprint density at radius 1 is 1.35 bits per heavy atom. The van der Waals surface area contributed by atoms with Crippen molar-refractivity contribution in [3.63, 3.8) is 0 Å². The van der Waals surface area contributed by atoms with Crippen molar-refractivity contribution in [3.05, 3.63) is 51.5 Å². The molecule has 2 aromatic rings. The van der Waals surface area contributed by atoms with Crippen LogP contribution in [0.2, 0.25) is 0 Å². The number of carbonyl (C=O) groups excluding carboxylic acids is 1. The Morgan fingerprint density at radius 3 is 2.70 bits per heavy atom. The normalized spacial score (nSPS) is 10.5. The number of methoxy groups -OCH3 is 1. The third-order valence-corrected chi connectivity index (χ3v) is 3.91. The molecular weight excluding hydrogens is 272 g/mol. The quantitative estimate of drug-likeness (QED) is 0.656. The summed E-state index contributed by atoms with van der Waals surface area (Å²) in [6, 6.07) is 7.44. The lowest BCUT2D eigenvalue weighted by molar-refractivity contribution is 0.0600. The number of aromatic nitrogens is 1. The lowest BCUT2D eigenvalue weighted by atomic mass is 10.1. The van der Waals surface area contributed by atoms with Gasteiger partial charge in [0.2, 0.25) is 0 Å². The van der Waals surface area contributed by atoms with Crippen molar-refractivity contribution in [2.24, 2.45) is 0 Å². The largest absolute Gasteiger partial charge is 0.465 e. The molecule has 0 atom stereocenters. The van der Waals surface area contributed by atoms with Gasteiger partial charge in [-0.05, 0) is 24.6 Å². The molecule has 0 aliphatic heterocycles. The van der Waals surface area contributed by atoms with Gasteiger partial charge in [0.15, 0.2) is 0 Å². The summed E-state index contributed by atoms with van der Waals surface area (Å²) in [7, 11) is 1.39. The molecule has 0 aliphatic rings. The second-order valence-corrected chi connectivity index (χ2v) is 5.44. The van der Waals surface area contributed by atoms with E-state index in [0.29, 0.717) is 5.56 Å². The Kier molecular flexibility index (Phi) is 5.26. The zero-order chi connectivity index (χ0) is 14.4. The first-order valence-corrected chi connectivity index (χ1v) is 7.36. The van der Waals surface area contributed by atoms with Crippen LogP contribution in [0.4, 0.5) is 0 Å². The minimum Gasteiger partial charge on any atom is -0.465 e. The number of esters is 1. The number of rotatable bonds is 6. The van der Waals surface area contributed by atoms with Crippen molar-refractivity contribution in [1.82, 2.24) is 10.3 Å². The average molecular weight is 290 g/mol. The van der Waals surface area contributed by atoms with E-state index in [1.165, 1.54) is 7.11 Å². The molecule has 0 radical (unpaired) electrons. The third kappa shape index (κ3) is 4.15. The van der Waals surface area contributed by atoms with E-state index in [1.54, 1.807) is 23.5 Å². The first kappa shape index (κ1) is 14.7. The van der Waals surface area contributed by atoms with E-state index in [-0.39, 0.29) is 5.97 Å². The van der Waals surface area contributed by atoms with Crippen molar-refractivity contribution >= 4 is 17.3 Å². The van der Waals surface area contributed by atoms with Gasteiger partial charge in [0, 0.05) is 30.6 Å². The van der Waals surface area contributed by atoms with Gasteiger partial charge in [-0.15, -0.1) is 11.3 Å². The maximum absolute atomic E-state index is 11.3. The van der Waals surface area contributed by atoms with Gasteiger partial charge in [0.25, 0.3) is 0 Å². The second kappa shape index (κ2) is 7.17. The summed E-state index contributed by atoms with van der Waals surface area (Å²) < 4.78 is 4.67. The number of hydrogen-bond donors (Lipinski definition) is 1. The Balaban J connectivity index is 1.75. The zero-order valence-electron chi connectivity index (χ0n) is 11.7. The van der Waals surface area contributed by atoms with Gasteiger partial charge in [-0.3, -0.25) is 0 Å². The molecule has 20 heavy (non-hydrogen) atoms. The molecule has 1 N–H and O–H groups in total. The summed E-state index contributed by atoms with van der Waals surface area (Å²) in [5, 5.41) is 6.61. The first-order chi connectivity index (χ1) is 9.69. The van der Waals surface area contributed by atoms with Crippen LogP contribution in [0.25, 0.3) is 0 Å². The van der Waals surface area contributed by atoms with E-state index in [0.717, 1.165) is 35.8 Å². The summed E-state index contributed by atoms with van der Waals surface area (Å²) in [4.78, 5) is 15.7. The number of hydrogen-bond acceptors (Lipinski definition) is 5. The van der Waals surface area contributed by atoms with Crippen molar-refractivity contribution in [2.75, 3.05) is 13.7 Å². The molecule has 0 bridgehead atoms. The zero-order valence-corrected chi connectivity index (χ0v) is 12.5. The van der Waals surface area contributed by atoms with Gasteiger partial charge >= 0.3 is 5.97 Å². The third-order valence-electron chi connectivity index (χ3n) is 2.89. The number of thiazole rings is 1. The molecule has 1 aromatic heterocycles. The molecule has 1 heterocycles. The lowest BCUT2D eigenvalue weighted by Gasteiger charge is -2.05. The van der Waals surface area contributed by atoms with Crippen LogP contribution in [-0.2, 0) is 17.7 Å². The number of aryl methyl sites for hydroxylation is 1. The number of benzene rings is 1. The fourth-order valence-corrected chi connectivity index (χ4v) is 2.60. The minimum absolute atomic E-state index is 0.302.